The molecule has 0 aromatic heterocycles. The molecule has 1 saturated heterocycles. The standard InChI is InChI=1S/C13H19N3O4/c14-8-10-9-16(5-6-20-10)12(19)15-13(7-11(17)18)3-1-2-4-13/h10H,1-7,9H2,(H,15,19)(H,17,18). The SMILES string of the molecule is N#CC1CN(C(=O)NC2(CC(=O)O)CCCC2)CCO1. The summed E-state index contributed by atoms with van der Waals surface area (Å²) in [4.78, 5) is 24.8. The number of carbonyl (C=O) groups excluding carboxylic acids is 1. The zero-order valence-corrected chi connectivity index (χ0v) is 11.3. The van der Waals surface area contributed by atoms with Crippen LogP contribution < -0.4 is 5.32 Å². The molecule has 2 rings (SSSR count). The molecule has 20 heavy (non-hydrogen) atoms. The van der Waals surface area contributed by atoms with Crippen LogP contribution in [0.4, 0.5) is 4.79 Å². The van der Waals surface area contributed by atoms with Gasteiger partial charge in [-0.1, -0.05) is 12.8 Å². The number of hydrogen-bond donors (Lipinski definition) is 2. The molecule has 7 nitrogen and oxygen atoms in total. The first-order valence-corrected chi connectivity index (χ1v) is 6.85. The van der Waals surface area contributed by atoms with Gasteiger partial charge in [0.25, 0.3) is 0 Å². The van der Waals surface area contributed by atoms with E-state index in [1.807, 2.05) is 6.07 Å². The van der Waals surface area contributed by atoms with Crippen LogP contribution in [0.5, 0.6) is 0 Å². The summed E-state index contributed by atoms with van der Waals surface area (Å²) in [5, 5.41) is 20.7. The summed E-state index contributed by atoms with van der Waals surface area (Å²) < 4.78 is 5.19. The Morgan fingerprint density at radius 3 is 2.75 bits per heavy atom. The van der Waals surface area contributed by atoms with Gasteiger partial charge in [-0.2, -0.15) is 5.26 Å². The van der Waals surface area contributed by atoms with Gasteiger partial charge < -0.3 is 20.1 Å². The molecular formula is C13H19N3O4. The molecule has 0 aromatic rings. The van der Waals surface area contributed by atoms with Gasteiger partial charge >= 0.3 is 12.0 Å². The number of nitrogens with one attached hydrogen (secondary N) is 1. The number of ether oxygens (including phenoxy) is 1. The summed E-state index contributed by atoms with van der Waals surface area (Å²) in [6.07, 6.45) is 2.59. The van der Waals surface area contributed by atoms with E-state index in [0.717, 1.165) is 12.8 Å². The molecule has 1 aliphatic carbocycles. The normalized spacial score (nSPS) is 24.9. The highest BCUT2D eigenvalue weighted by molar-refractivity contribution is 5.77. The maximum atomic E-state index is 12.3. The lowest BCUT2D eigenvalue weighted by Gasteiger charge is -2.35. The van der Waals surface area contributed by atoms with Crippen LogP contribution in [0.3, 0.4) is 0 Å². The van der Waals surface area contributed by atoms with Gasteiger partial charge in [0.1, 0.15) is 0 Å². The monoisotopic (exact) mass is 281 g/mol. The fourth-order valence-electron chi connectivity index (χ4n) is 2.90. The van der Waals surface area contributed by atoms with Crippen molar-refractivity contribution in [1.82, 2.24) is 10.2 Å². The van der Waals surface area contributed by atoms with Crippen LogP contribution in [-0.4, -0.2) is 53.3 Å². The summed E-state index contributed by atoms with van der Waals surface area (Å²) in [5.41, 5.74) is -0.636. The molecule has 7 heteroatoms. The molecule has 0 spiro atoms. The number of hydrogen-bond acceptors (Lipinski definition) is 4. The van der Waals surface area contributed by atoms with Crippen LogP contribution in [0.15, 0.2) is 0 Å². The van der Waals surface area contributed by atoms with Gasteiger partial charge in [-0.25, -0.2) is 4.79 Å². The molecule has 0 aromatic carbocycles. The third kappa shape index (κ3) is 3.39. The Morgan fingerprint density at radius 2 is 2.15 bits per heavy atom. The van der Waals surface area contributed by atoms with E-state index in [9.17, 15) is 9.59 Å². The van der Waals surface area contributed by atoms with Crippen molar-refractivity contribution in [3.63, 3.8) is 0 Å². The van der Waals surface area contributed by atoms with Gasteiger partial charge in [-0.3, -0.25) is 4.79 Å². The highest BCUT2D eigenvalue weighted by atomic mass is 16.5. The van der Waals surface area contributed by atoms with Crippen molar-refractivity contribution in [2.24, 2.45) is 0 Å². The Hall–Kier alpha value is -1.81. The minimum absolute atomic E-state index is 0.0508. The smallest absolute Gasteiger partial charge is 0.318 e. The van der Waals surface area contributed by atoms with Gasteiger partial charge in [0.2, 0.25) is 0 Å². The van der Waals surface area contributed by atoms with Crippen LogP contribution in [0.25, 0.3) is 0 Å². The van der Waals surface area contributed by atoms with Crippen LogP contribution in [-0.2, 0) is 9.53 Å². The number of aliphatic carboxylic acids is 1. The quantitative estimate of drug-likeness (QED) is 0.793. The van der Waals surface area contributed by atoms with E-state index in [-0.39, 0.29) is 19.0 Å². The number of morpholine rings is 1. The molecule has 1 atom stereocenters. The third-order valence-electron chi connectivity index (χ3n) is 3.92. The lowest BCUT2D eigenvalue weighted by atomic mass is 9.93. The molecule has 2 aliphatic rings. The molecule has 2 amide bonds. The predicted octanol–water partition coefficient (Wildman–Crippen LogP) is 0.708. The third-order valence-corrected chi connectivity index (χ3v) is 3.92. The first-order valence-electron chi connectivity index (χ1n) is 6.85. The van der Waals surface area contributed by atoms with Gasteiger partial charge in [-0.15, -0.1) is 0 Å². The van der Waals surface area contributed by atoms with Gasteiger partial charge in [0.05, 0.1) is 31.2 Å². The Kier molecular flexibility index (Phi) is 4.45. The van der Waals surface area contributed by atoms with Crippen molar-refractivity contribution in [3.05, 3.63) is 0 Å². The summed E-state index contributed by atoms with van der Waals surface area (Å²) in [5.74, 6) is -0.899. The van der Waals surface area contributed by atoms with Crippen molar-refractivity contribution in [2.45, 2.75) is 43.7 Å². The van der Waals surface area contributed by atoms with Crippen LogP contribution >= 0.6 is 0 Å². The van der Waals surface area contributed by atoms with Crippen molar-refractivity contribution >= 4 is 12.0 Å². The van der Waals surface area contributed by atoms with Crippen LogP contribution in [0.2, 0.25) is 0 Å². The maximum absolute atomic E-state index is 12.3. The Morgan fingerprint density at radius 1 is 1.45 bits per heavy atom. The zero-order valence-electron chi connectivity index (χ0n) is 11.3. The second kappa shape index (κ2) is 6.09. The summed E-state index contributed by atoms with van der Waals surface area (Å²) >= 11 is 0. The molecule has 2 N–H and O–H groups in total. The molecule has 0 radical (unpaired) electrons. The highest BCUT2D eigenvalue weighted by Gasteiger charge is 2.39. The molecule has 110 valence electrons. The van der Waals surface area contributed by atoms with Crippen molar-refractivity contribution in [1.29, 1.82) is 5.26 Å². The molecule has 1 unspecified atom stereocenters. The zero-order chi connectivity index (χ0) is 14.6. The van der Waals surface area contributed by atoms with Crippen LogP contribution in [0.1, 0.15) is 32.1 Å². The van der Waals surface area contributed by atoms with E-state index in [1.165, 1.54) is 4.90 Å². The predicted molar refractivity (Wildman–Crippen MR) is 68.9 cm³/mol. The molecule has 1 saturated carbocycles. The number of nitriles is 1. The fraction of sp³-hybridized carbons (Fsp3) is 0.769. The van der Waals surface area contributed by atoms with E-state index in [2.05, 4.69) is 5.32 Å². The number of carboxylic acids is 1. The largest absolute Gasteiger partial charge is 0.481 e. The lowest BCUT2D eigenvalue weighted by molar-refractivity contribution is -0.138. The highest BCUT2D eigenvalue weighted by Crippen LogP contribution is 2.32. The average Bonchev–Trinajstić information content (AvgIpc) is 2.86. The Balaban J connectivity index is 1.98. The first kappa shape index (κ1) is 14.6. The minimum atomic E-state index is -0.899. The number of carbonyl (C=O) groups is 2. The van der Waals surface area contributed by atoms with Gasteiger partial charge in [-0.05, 0) is 12.8 Å². The van der Waals surface area contributed by atoms with E-state index < -0.39 is 17.6 Å². The number of carboxylic acid groups (broad SMARTS) is 1. The van der Waals surface area contributed by atoms with E-state index in [0.29, 0.717) is 26.0 Å². The lowest BCUT2D eigenvalue weighted by Crippen LogP contribution is -2.56. The summed E-state index contributed by atoms with van der Waals surface area (Å²) in [7, 11) is 0. The van der Waals surface area contributed by atoms with Gasteiger partial charge in [0.15, 0.2) is 6.10 Å². The Labute approximate surface area is 117 Å². The molecule has 1 aliphatic heterocycles. The van der Waals surface area contributed by atoms with E-state index in [1.54, 1.807) is 0 Å². The van der Waals surface area contributed by atoms with Crippen LogP contribution in [0, 0.1) is 11.3 Å². The first-order chi connectivity index (χ1) is 9.54. The molecule has 1 heterocycles. The molecular weight excluding hydrogens is 262 g/mol. The number of urea groups is 1. The maximum Gasteiger partial charge on any atom is 0.318 e. The summed E-state index contributed by atoms with van der Waals surface area (Å²) in [6, 6.07) is 1.69. The fourth-order valence-corrected chi connectivity index (χ4v) is 2.90. The van der Waals surface area contributed by atoms with E-state index in [4.69, 9.17) is 15.1 Å². The Bertz CT molecular complexity index is 426. The molecule has 0 bridgehead atoms. The van der Waals surface area contributed by atoms with Crippen molar-refractivity contribution in [3.8, 4) is 6.07 Å². The van der Waals surface area contributed by atoms with Crippen molar-refractivity contribution < 1.29 is 19.4 Å². The van der Waals surface area contributed by atoms with Gasteiger partial charge in [0, 0.05) is 6.54 Å². The molecule has 2 fully saturated rings. The summed E-state index contributed by atoms with van der Waals surface area (Å²) in [6.45, 7) is 0.982. The number of amides is 2. The second-order valence-electron chi connectivity index (χ2n) is 5.42. The average molecular weight is 281 g/mol. The number of rotatable bonds is 3. The second-order valence-corrected chi connectivity index (χ2v) is 5.42. The number of nitrogens with zero attached hydrogens (tertiary/aromatic N) is 2. The minimum Gasteiger partial charge on any atom is -0.481 e. The topological polar surface area (TPSA) is 103 Å². The van der Waals surface area contributed by atoms with E-state index >= 15 is 0 Å². The van der Waals surface area contributed by atoms with Crippen molar-refractivity contribution in [2.75, 3.05) is 19.7 Å².